The zero-order chi connectivity index (χ0) is 24.1. The van der Waals surface area contributed by atoms with Crippen LogP contribution in [0.4, 0.5) is 27.8 Å². The van der Waals surface area contributed by atoms with Crippen molar-refractivity contribution in [3.8, 4) is 22.8 Å². The van der Waals surface area contributed by atoms with Crippen molar-refractivity contribution < 1.29 is 26.7 Å². The molecule has 2 N–H and O–H groups in total. The lowest BCUT2D eigenvalue weighted by atomic mass is 10.1. The monoisotopic (exact) mass is 475 g/mol. The van der Waals surface area contributed by atoms with E-state index >= 15 is 4.39 Å². The molecule has 1 fully saturated rings. The van der Waals surface area contributed by atoms with Crippen LogP contribution in [0.5, 0.6) is 11.5 Å². The average Bonchev–Trinajstić information content (AvgIpc) is 3.40. The maximum atomic E-state index is 15.2. The van der Waals surface area contributed by atoms with Crippen molar-refractivity contribution in [3.05, 3.63) is 59.7 Å². The molecule has 0 spiro atoms. The molecule has 11 heteroatoms. The van der Waals surface area contributed by atoms with Crippen LogP contribution in [0.1, 0.15) is 32.2 Å². The standard InChI is InChI=1S/C23H18F5N5O/c1-10-2-3-11(6-10)33-23-17(22(29)30-9-31-23)20(32-33)13-5-4-12(7-14(13)24)34-21-18(27)15(25)8-16(26)19(21)28/h4-5,7-11H,2-3,6H2,1H3,(H2,29,30,31)/t10-,11+/m0/s1. The summed E-state index contributed by atoms with van der Waals surface area (Å²) in [5.41, 5.74) is 6.77. The van der Waals surface area contributed by atoms with Crippen LogP contribution in [0.3, 0.4) is 0 Å². The molecular formula is C23H18F5N5O. The molecule has 0 bridgehead atoms. The number of nitrogen functional groups attached to an aromatic ring is 1. The zero-order valence-corrected chi connectivity index (χ0v) is 17.8. The molecule has 34 heavy (non-hydrogen) atoms. The van der Waals surface area contributed by atoms with Gasteiger partial charge in [0.15, 0.2) is 17.3 Å². The van der Waals surface area contributed by atoms with Crippen molar-refractivity contribution in [2.45, 2.75) is 32.2 Å². The van der Waals surface area contributed by atoms with E-state index in [9.17, 15) is 17.6 Å². The highest BCUT2D eigenvalue weighted by Crippen LogP contribution is 2.40. The first-order valence-electron chi connectivity index (χ1n) is 10.5. The normalized spacial score (nSPS) is 18.1. The fraction of sp³-hybridized carbons (Fsp3) is 0.261. The highest BCUT2D eigenvalue weighted by Gasteiger charge is 2.29. The third kappa shape index (κ3) is 3.61. The van der Waals surface area contributed by atoms with Gasteiger partial charge in [0.2, 0.25) is 17.4 Å². The Morgan fingerprint density at radius 1 is 0.971 bits per heavy atom. The number of hydrogen-bond acceptors (Lipinski definition) is 5. The topological polar surface area (TPSA) is 78.9 Å². The van der Waals surface area contributed by atoms with Crippen molar-refractivity contribution in [1.29, 1.82) is 0 Å². The summed E-state index contributed by atoms with van der Waals surface area (Å²) in [4.78, 5) is 8.30. The maximum absolute atomic E-state index is 15.2. The SMILES string of the molecule is C[C@H]1CC[C@@H](n2nc(-c3ccc(Oc4c(F)c(F)cc(F)c4F)cc3F)c3c(N)ncnc32)C1. The molecule has 1 aliphatic rings. The van der Waals surface area contributed by atoms with Crippen LogP contribution in [0, 0.1) is 35.0 Å². The summed E-state index contributed by atoms with van der Waals surface area (Å²) >= 11 is 0. The molecule has 2 heterocycles. The number of anilines is 1. The second kappa shape index (κ2) is 8.23. The van der Waals surface area contributed by atoms with E-state index in [1.807, 2.05) is 0 Å². The second-order valence-corrected chi connectivity index (χ2v) is 8.36. The molecule has 1 aliphatic carbocycles. The Labute approximate surface area is 190 Å². The smallest absolute Gasteiger partial charge is 0.204 e. The largest absolute Gasteiger partial charge is 0.451 e. The van der Waals surface area contributed by atoms with Gasteiger partial charge in [0.25, 0.3) is 0 Å². The van der Waals surface area contributed by atoms with E-state index in [0.29, 0.717) is 17.0 Å². The van der Waals surface area contributed by atoms with E-state index in [-0.39, 0.29) is 34.9 Å². The summed E-state index contributed by atoms with van der Waals surface area (Å²) in [5, 5.41) is 4.97. The van der Waals surface area contributed by atoms with Crippen LogP contribution in [0.2, 0.25) is 0 Å². The fourth-order valence-electron chi connectivity index (χ4n) is 4.35. The predicted molar refractivity (Wildman–Crippen MR) is 114 cm³/mol. The van der Waals surface area contributed by atoms with E-state index in [1.165, 1.54) is 18.5 Å². The van der Waals surface area contributed by atoms with E-state index in [0.717, 1.165) is 25.3 Å². The molecule has 4 aromatic rings. The van der Waals surface area contributed by atoms with Crippen molar-refractivity contribution in [3.63, 3.8) is 0 Å². The van der Waals surface area contributed by atoms with Gasteiger partial charge in [-0.05, 0) is 37.3 Å². The Morgan fingerprint density at radius 2 is 1.71 bits per heavy atom. The molecule has 1 saturated carbocycles. The number of aromatic nitrogens is 4. The fourth-order valence-corrected chi connectivity index (χ4v) is 4.35. The number of nitrogens with two attached hydrogens (primary N) is 1. The summed E-state index contributed by atoms with van der Waals surface area (Å²) < 4.78 is 76.6. The molecule has 6 nitrogen and oxygen atoms in total. The van der Waals surface area contributed by atoms with Crippen molar-refractivity contribution in [1.82, 2.24) is 19.7 Å². The molecule has 0 aliphatic heterocycles. The third-order valence-corrected chi connectivity index (χ3v) is 6.02. The summed E-state index contributed by atoms with van der Waals surface area (Å²) in [5.74, 6) is -8.66. The van der Waals surface area contributed by atoms with Crippen LogP contribution in [0.15, 0.2) is 30.6 Å². The van der Waals surface area contributed by atoms with E-state index in [1.54, 1.807) is 4.68 Å². The molecule has 0 unspecified atom stereocenters. The van der Waals surface area contributed by atoms with E-state index in [2.05, 4.69) is 22.0 Å². The number of halogens is 5. The molecule has 0 amide bonds. The minimum atomic E-state index is -1.73. The predicted octanol–water partition coefficient (Wildman–Crippen LogP) is 5.92. The van der Waals surface area contributed by atoms with Gasteiger partial charge in [-0.15, -0.1) is 0 Å². The molecule has 5 rings (SSSR count). The number of fused-ring (bicyclic) bond motifs is 1. The van der Waals surface area contributed by atoms with Crippen LogP contribution < -0.4 is 10.5 Å². The zero-order valence-electron chi connectivity index (χ0n) is 17.8. The summed E-state index contributed by atoms with van der Waals surface area (Å²) in [6, 6.07) is 3.42. The minimum absolute atomic E-state index is 0.0232. The van der Waals surface area contributed by atoms with Gasteiger partial charge in [0.1, 0.15) is 29.4 Å². The third-order valence-electron chi connectivity index (χ3n) is 6.02. The van der Waals surface area contributed by atoms with Crippen LogP contribution >= 0.6 is 0 Å². The van der Waals surface area contributed by atoms with E-state index < -0.39 is 34.8 Å². The van der Waals surface area contributed by atoms with Gasteiger partial charge < -0.3 is 10.5 Å². The Balaban J connectivity index is 1.57. The average molecular weight is 475 g/mol. The Kier molecular flexibility index (Phi) is 5.34. The molecule has 0 radical (unpaired) electrons. The second-order valence-electron chi connectivity index (χ2n) is 8.36. The molecular weight excluding hydrogens is 457 g/mol. The van der Waals surface area contributed by atoms with Gasteiger partial charge in [0.05, 0.1) is 11.4 Å². The van der Waals surface area contributed by atoms with Gasteiger partial charge in [0, 0.05) is 17.7 Å². The van der Waals surface area contributed by atoms with Gasteiger partial charge in [-0.25, -0.2) is 27.8 Å². The summed E-state index contributed by atoms with van der Waals surface area (Å²) in [6.07, 6.45) is 4.11. The first-order valence-corrected chi connectivity index (χ1v) is 10.5. The van der Waals surface area contributed by atoms with Gasteiger partial charge in [-0.1, -0.05) is 6.92 Å². The number of nitrogens with zero attached hydrogens (tertiary/aromatic N) is 4. The summed E-state index contributed by atoms with van der Waals surface area (Å²) in [7, 11) is 0. The Bertz CT molecular complexity index is 1400. The number of benzene rings is 2. The Morgan fingerprint density at radius 3 is 2.35 bits per heavy atom. The number of ether oxygens (including phenoxy) is 1. The molecule has 176 valence electrons. The lowest BCUT2D eigenvalue weighted by Crippen LogP contribution is -2.08. The quantitative estimate of drug-likeness (QED) is 0.293. The Hall–Kier alpha value is -3.76. The lowest BCUT2D eigenvalue weighted by Gasteiger charge is -2.11. The number of rotatable bonds is 4. The van der Waals surface area contributed by atoms with Crippen LogP contribution in [0.25, 0.3) is 22.3 Å². The van der Waals surface area contributed by atoms with Gasteiger partial charge in [-0.2, -0.15) is 13.9 Å². The highest BCUT2D eigenvalue weighted by molar-refractivity contribution is 5.98. The lowest BCUT2D eigenvalue weighted by molar-refractivity contribution is 0.365. The maximum Gasteiger partial charge on any atom is 0.204 e. The molecule has 2 atom stereocenters. The van der Waals surface area contributed by atoms with Crippen molar-refractivity contribution >= 4 is 16.9 Å². The molecule has 0 saturated heterocycles. The molecule has 2 aromatic heterocycles. The molecule has 2 aromatic carbocycles. The van der Waals surface area contributed by atoms with Crippen LogP contribution in [-0.2, 0) is 0 Å². The van der Waals surface area contributed by atoms with Crippen molar-refractivity contribution in [2.24, 2.45) is 5.92 Å². The summed E-state index contributed by atoms with van der Waals surface area (Å²) in [6.45, 7) is 2.14. The van der Waals surface area contributed by atoms with Crippen LogP contribution in [-0.4, -0.2) is 19.7 Å². The van der Waals surface area contributed by atoms with E-state index in [4.69, 9.17) is 10.5 Å². The minimum Gasteiger partial charge on any atom is -0.451 e. The first kappa shape index (κ1) is 22.1. The highest BCUT2D eigenvalue weighted by atomic mass is 19.2. The number of hydrogen-bond donors (Lipinski definition) is 1. The van der Waals surface area contributed by atoms with Crippen molar-refractivity contribution in [2.75, 3.05) is 5.73 Å². The van der Waals surface area contributed by atoms with Gasteiger partial charge in [-0.3, -0.25) is 0 Å². The van der Waals surface area contributed by atoms with Gasteiger partial charge >= 0.3 is 0 Å². The first-order chi connectivity index (χ1) is 16.2.